The minimum atomic E-state index is -0.712. The summed E-state index contributed by atoms with van der Waals surface area (Å²) in [6.45, 7) is 0.0308. The molecule has 1 saturated heterocycles. The number of nitriles is 1. The van der Waals surface area contributed by atoms with E-state index in [9.17, 15) is 18.8 Å². The van der Waals surface area contributed by atoms with Crippen molar-refractivity contribution in [3.8, 4) is 6.07 Å². The summed E-state index contributed by atoms with van der Waals surface area (Å²) >= 11 is 0. The van der Waals surface area contributed by atoms with E-state index in [4.69, 9.17) is 10.00 Å². The predicted octanol–water partition coefficient (Wildman–Crippen LogP) is 3.06. The van der Waals surface area contributed by atoms with E-state index in [-0.39, 0.29) is 30.1 Å². The van der Waals surface area contributed by atoms with Crippen molar-refractivity contribution in [1.29, 1.82) is 5.26 Å². The monoisotopic (exact) mass is 409 g/mol. The fraction of sp³-hybridized carbons (Fsp3) is 0.273. The Morgan fingerprint density at radius 3 is 2.53 bits per heavy atom. The lowest BCUT2D eigenvalue weighted by Gasteiger charge is -2.22. The molecule has 0 bridgehead atoms. The number of rotatable bonds is 7. The third-order valence-electron chi connectivity index (χ3n) is 4.71. The van der Waals surface area contributed by atoms with Gasteiger partial charge < -0.3 is 14.5 Å². The number of hydrogen-bond acceptors (Lipinski definition) is 5. The summed E-state index contributed by atoms with van der Waals surface area (Å²) in [6, 6.07) is 14.0. The smallest absolute Gasteiger partial charge is 0.338 e. The van der Waals surface area contributed by atoms with Gasteiger partial charge in [-0.15, -0.1) is 0 Å². The lowest BCUT2D eigenvalue weighted by molar-refractivity contribution is -0.121. The van der Waals surface area contributed by atoms with Crippen molar-refractivity contribution in [2.45, 2.75) is 19.3 Å². The van der Waals surface area contributed by atoms with E-state index in [1.165, 1.54) is 30.3 Å². The lowest BCUT2D eigenvalue weighted by atomic mass is 10.2. The number of benzene rings is 2. The standard InChI is InChI=1S/C22H20FN3O4/c23-18-5-1-2-6-19(18)26(14-4-12-24)21(28)15-30-22(29)16-8-10-17(11-9-16)25-13-3-7-20(25)27/h1-2,5-6,8-11H,3-4,7,13-15H2. The Morgan fingerprint density at radius 2 is 1.90 bits per heavy atom. The normalized spacial score (nSPS) is 13.1. The number of anilines is 2. The maximum absolute atomic E-state index is 14.1. The minimum absolute atomic E-state index is 0.00467. The molecule has 0 unspecified atom stereocenters. The first kappa shape index (κ1) is 21.0. The molecule has 8 heteroatoms. The van der Waals surface area contributed by atoms with Crippen molar-refractivity contribution in [1.82, 2.24) is 0 Å². The molecule has 0 radical (unpaired) electrons. The predicted molar refractivity (Wildman–Crippen MR) is 107 cm³/mol. The summed E-state index contributed by atoms with van der Waals surface area (Å²) < 4.78 is 19.2. The third-order valence-corrected chi connectivity index (χ3v) is 4.71. The SMILES string of the molecule is N#CCCN(C(=O)COC(=O)c1ccc(N2CCCC2=O)cc1)c1ccccc1F. The zero-order valence-corrected chi connectivity index (χ0v) is 16.2. The van der Waals surface area contributed by atoms with E-state index in [2.05, 4.69) is 0 Å². The first-order valence-corrected chi connectivity index (χ1v) is 9.50. The van der Waals surface area contributed by atoms with Gasteiger partial charge in [0.15, 0.2) is 6.61 Å². The molecular formula is C22H20FN3O4. The molecule has 1 aliphatic rings. The van der Waals surface area contributed by atoms with Crippen LogP contribution in [0.15, 0.2) is 48.5 Å². The highest BCUT2D eigenvalue weighted by Crippen LogP contribution is 2.22. The Kier molecular flexibility index (Phi) is 6.75. The third kappa shape index (κ3) is 4.81. The molecule has 0 spiro atoms. The van der Waals surface area contributed by atoms with Crippen molar-refractivity contribution in [3.63, 3.8) is 0 Å². The average Bonchev–Trinajstić information content (AvgIpc) is 3.19. The molecule has 1 fully saturated rings. The Hall–Kier alpha value is -3.73. The number of esters is 1. The number of amides is 2. The van der Waals surface area contributed by atoms with Crippen LogP contribution in [0, 0.1) is 17.1 Å². The van der Waals surface area contributed by atoms with Crippen molar-refractivity contribution in [3.05, 3.63) is 59.9 Å². The molecule has 2 amide bonds. The fourth-order valence-electron chi connectivity index (χ4n) is 3.20. The van der Waals surface area contributed by atoms with Crippen LogP contribution in [0.4, 0.5) is 15.8 Å². The van der Waals surface area contributed by atoms with Gasteiger partial charge in [0.05, 0.1) is 23.7 Å². The van der Waals surface area contributed by atoms with Crippen molar-refractivity contribution in [2.24, 2.45) is 0 Å². The Balaban J connectivity index is 1.63. The van der Waals surface area contributed by atoms with Gasteiger partial charge in [-0.3, -0.25) is 9.59 Å². The second-order valence-corrected chi connectivity index (χ2v) is 6.68. The van der Waals surface area contributed by atoms with Crippen LogP contribution < -0.4 is 9.80 Å². The van der Waals surface area contributed by atoms with Crippen LogP contribution in [0.3, 0.4) is 0 Å². The van der Waals surface area contributed by atoms with Crippen molar-refractivity contribution < 1.29 is 23.5 Å². The van der Waals surface area contributed by atoms with Crippen LogP contribution in [0.25, 0.3) is 0 Å². The number of nitrogens with zero attached hydrogens (tertiary/aromatic N) is 3. The van der Waals surface area contributed by atoms with Crippen LogP contribution in [0.1, 0.15) is 29.6 Å². The van der Waals surface area contributed by atoms with Gasteiger partial charge in [-0.05, 0) is 42.8 Å². The highest BCUT2D eigenvalue weighted by Gasteiger charge is 2.23. The number of halogens is 1. The number of carbonyl (C=O) groups is 3. The Bertz CT molecular complexity index is 985. The van der Waals surface area contributed by atoms with Gasteiger partial charge in [0.1, 0.15) is 5.82 Å². The topological polar surface area (TPSA) is 90.7 Å². The van der Waals surface area contributed by atoms with Crippen LogP contribution in [-0.2, 0) is 14.3 Å². The zero-order chi connectivity index (χ0) is 21.5. The second-order valence-electron chi connectivity index (χ2n) is 6.68. The number of hydrogen-bond donors (Lipinski definition) is 0. The summed E-state index contributed by atoms with van der Waals surface area (Å²) in [4.78, 5) is 39.4. The van der Waals surface area contributed by atoms with Gasteiger partial charge in [0, 0.05) is 25.2 Å². The summed E-state index contributed by atoms with van der Waals surface area (Å²) in [6.07, 6.45) is 1.32. The molecule has 30 heavy (non-hydrogen) atoms. The van der Waals surface area contributed by atoms with Gasteiger partial charge in [0.2, 0.25) is 5.91 Å². The summed E-state index contributed by atoms with van der Waals surface area (Å²) in [5, 5.41) is 8.81. The molecular weight excluding hydrogens is 389 g/mol. The van der Waals surface area contributed by atoms with Crippen LogP contribution in [0.2, 0.25) is 0 Å². The molecule has 0 aromatic heterocycles. The first-order chi connectivity index (χ1) is 14.5. The largest absolute Gasteiger partial charge is 0.452 e. The Labute approximate surface area is 173 Å². The van der Waals surface area contributed by atoms with E-state index in [0.717, 1.165) is 11.3 Å². The zero-order valence-electron chi connectivity index (χ0n) is 16.2. The maximum atomic E-state index is 14.1. The van der Waals surface area contributed by atoms with E-state index < -0.39 is 24.3 Å². The van der Waals surface area contributed by atoms with Crippen LogP contribution in [0.5, 0.6) is 0 Å². The van der Waals surface area contributed by atoms with Gasteiger partial charge in [-0.25, -0.2) is 9.18 Å². The number of carbonyl (C=O) groups excluding carboxylic acids is 3. The molecule has 7 nitrogen and oxygen atoms in total. The van der Waals surface area contributed by atoms with Crippen LogP contribution in [-0.4, -0.2) is 37.5 Å². The van der Waals surface area contributed by atoms with Gasteiger partial charge in [-0.2, -0.15) is 5.26 Å². The van der Waals surface area contributed by atoms with Gasteiger partial charge >= 0.3 is 5.97 Å². The average molecular weight is 409 g/mol. The molecule has 2 aromatic carbocycles. The molecule has 0 atom stereocenters. The van der Waals surface area contributed by atoms with Gasteiger partial charge in [0.25, 0.3) is 5.91 Å². The quantitative estimate of drug-likeness (QED) is 0.656. The number of ether oxygens (including phenoxy) is 1. The van der Waals surface area contributed by atoms with Gasteiger partial charge in [-0.1, -0.05) is 12.1 Å². The lowest BCUT2D eigenvalue weighted by Crippen LogP contribution is -2.36. The molecule has 1 aliphatic heterocycles. The molecule has 1 heterocycles. The Morgan fingerprint density at radius 1 is 1.17 bits per heavy atom. The second kappa shape index (κ2) is 9.65. The summed E-state index contributed by atoms with van der Waals surface area (Å²) in [5.74, 6) is -1.91. The fourth-order valence-corrected chi connectivity index (χ4v) is 3.20. The highest BCUT2D eigenvalue weighted by molar-refractivity contribution is 5.98. The van der Waals surface area contributed by atoms with E-state index >= 15 is 0 Å². The maximum Gasteiger partial charge on any atom is 0.338 e. The molecule has 2 aromatic rings. The molecule has 154 valence electrons. The summed E-state index contributed by atoms with van der Waals surface area (Å²) in [5.41, 5.74) is 0.952. The molecule has 0 aliphatic carbocycles. The van der Waals surface area contributed by atoms with Crippen molar-refractivity contribution in [2.75, 3.05) is 29.5 Å². The van der Waals surface area contributed by atoms with E-state index in [1.54, 1.807) is 23.1 Å². The van der Waals surface area contributed by atoms with E-state index in [1.807, 2.05) is 6.07 Å². The molecule has 0 N–H and O–H groups in total. The first-order valence-electron chi connectivity index (χ1n) is 9.50. The minimum Gasteiger partial charge on any atom is -0.452 e. The van der Waals surface area contributed by atoms with Crippen LogP contribution >= 0.6 is 0 Å². The van der Waals surface area contributed by atoms with E-state index in [0.29, 0.717) is 18.7 Å². The molecule has 3 rings (SSSR count). The van der Waals surface area contributed by atoms with Crippen molar-refractivity contribution >= 4 is 29.2 Å². The highest BCUT2D eigenvalue weighted by atomic mass is 19.1. The summed E-state index contributed by atoms with van der Waals surface area (Å²) in [7, 11) is 0. The molecule has 0 saturated carbocycles. The number of para-hydroxylation sites is 1.